The number of aryl methyl sites for hydroxylation is 1. The van der Waals surface area contributed by atoms with Crippen molar-refractivity contribution in [2.75, 3.05) is 12.8 Å². The molecule has 114 valence electrons. The zero-order valence-electron chi connectivity index (χ0n) is 12.1. The van der Waals surface area contributed by atoms with Gasteiger partial charge in [-0.05, 0) is 30.9 Å². The monoisotopic (exact) mass is 316 g/mol. The van der Waals surface area contributed by atoms with Crippen LogP contribution in [-0.2, 0) is 6.42 Å². The number of hydrogen-bond donors (Lipinski definition) is 3. The van der Waals surface area contributed by atoms with Gasteiger partial charge in [0.15, 0.2) is 5.69 Å². The molecule has 7 heteroatoms. The van der Waals surface area contributed by atoms with E-state index >= 15 is 0 Å². The van der Waals surface area contributed by atoms with Crippen LogP contribution in [-0.4, -0.2) is 28.8 Å². The number of carboxylic acids is 1. The molecule has 1 heterocycles. The molecule has 0 saturated heterocycles. The van der Waals surface area contributed by atoms with Gasteiger partial charge in [-0.15, -0.1) is 0 Å². The summed E-state index contributed by atoms with van der Waals surface area (Å²) in [6, 6.07) is 6.05. The highest BCUT2D eigenvalue weighted by atomic mass is 32.1. The Bertz CT molecular complexity index is 767. The number of aromatic nitrogens is 1. The molecule has 0 fully saturated rings. The van der Waals surface area contributed by atoms with Gasteiger partial charge in [0.2, 0.25) is 0 Å². The molecular weight excluding hydrogens is 300 g/mol. The van der Waals surface area contributed by atoms with Crippen LogP contribution in [0.2, 0.25) is 0 Å². The number of thiazole rings is 1. The van der Waals surface area contributed by atoms with Crippen molar-refractivity contribution in [2.45, 2.75) is 19.3 Å². The number of carboxylic acid groups (broad SMARTS) is 1. The molecule has 0 saturated carbocycles. The van der Waals surface area contributed by atoms with Crippen LogP contribution in [0.15, 0.2) is 23.3 Å². The molecule has 0 spiro atoms. The minimum absolute atomic E-state index is 0.0816. The Morgan fingerprint density at radius 3 is 2.95 bits per heavy atom. The topological polar surface area (TPSA) is 101 Å². The second-order valence-corrected chi connectivity index (χ2v) is 6.08. The zero-order chi connectivity index (χ0) is 15.7. The van der Waals surface area contributed by atoms with Gasteiger partial charge in [-0.25, -0.2) is 9.78 Å². The molecule has 2 aromatic rings. The summed E-state index contributed by atoms with van der Waals surface area (Å²) in [7, 11) is 1.78. The fraction of sp³-hybridized carbons (Fsp3) is 0.267. The summed E-state index contributed by atoms with van der Waals surface area (Å²) >= 11 is 1.19. The maximum Gasteiger partial charge on any atom is 0.357 e. The van der Waals surface area contributed by atoms with Gasteiger partial charge in [0.1, 0.15) is 10.0 Å². The van der Waals surface area contributed by atoms with E-state index in [1.807, 2.05) is 12.1 Å². The van der Waals surface area contributed by atoms with Crippen LogP contribution < -0.4 is 11.2 Å². The molecule has 0 bridgehead atoms. The molecule has 3 rings (SSSR count). The minimum Gasteiger partial charge on any atom is -0.476 e. The van der Waals surface area contributed by atoms with Crippen molar-refractivity contribution >= 4 is 28.0 Å². The molecule has 0 amide bonds. The molecule has 4 N–H and O–H groups in total. The fourth-order valence-electron chi connectivity index (χ4n) is 2.64. The number of hydrazone groups is 1. The lowest BCUT2D eigenvalue weighted by molar-refractivity contribution is 0.0692. The normalized spacial score (nSPS) is 15.6. The number of rotatable bonds is 3. The number of nitrogens with two attached hydrogens (primary N) is 1. The summed E-state index contributed by atoms with van der Waals surface area (Å²) in [5.74, 6) is -1.10. The smallest absolute Gasteiger partial charge is 0.357 e. The third-order valence-corrected chi connectivity index (χ3v) is 4.56. The van der Waals surface area contributed by atoms with Gasteiger partial charge in [-0.3, -0.25) is 0 Å². The summed E-state index contributed by atoms with van der Waals surface area (Å²) < 4.78 is 0. The highest BCUT2D eigenvalue weighted by Gasteiger charge is 2.19. The van der Waals surface area contributed by atoms with Gasteiger partial charge in [-0.1, -0.05) is 23.5 Å². The molecule has 1 aliphatic rings. The van der Waals surface area contributed by atoms with Crippen LogP contribution in [0.4, 0.5) is 5.00 Å². The van der Waals surface area contributed by atoms with Gasteiger partial charge >= 0.3 is 5.97 Å². The highest BCUT2D eigenvalue weighted by Crippen LogP contribution is 2.33. The number of benzene rings is 1. The molecule has 6 nitrogen and oxygen atoms in total. The first kappa shape index (κ1) is 14.5. The van der Waals surface area contributed by atoms with Gasteiger partial charge in [0, 0.05) is 18.2 Å². The van der Waals surface area contributed by atoms with Crippen molar-refractivity contribution in [3.8, 4) is 10.6 Å². The lowest BCUT2D eigenvalue weighted by Crippen LogP contribution is -2.15. The van der Waals surface area contributed by atoms with Crippen molar-refractivity contribution in [1.29, 1.82) is 0 Å². The van der Waals surface area contributed by atoms with Crippen molar-refractivity contribution in [1.82, 2.24) is 10.4 Å². The van der Waals surface area contributed by atoms with Gasteiger partial charge in [-0.2, -0.15) is 5.10 Å². The number of anilines is 1. The quantitative estimate of drug-likeness (QED) is 0.755. The average molecular weight is 316 g/mol. The number of carbonyl (C=O) groups is 1. The third kappa shape index (κ3) is 2.55. The van der Waals surface area contributed by atoms with Crippen molar-refractivity contribution in [3.63, 3.8) is 0 Å². The average Bonchev–Trinajstić information content (AvgIpc) is 2.90. The van der Waals surface area contributed by atoms with Crippen LogP contribution in [0.5, 0.6) is 0 Å². The maximum atomic E-state index is 11.1. The molecule has 0 radical (unpaired) electrons. The van der Waals surface area contributed by atoms with Crippen LogP contribution in [0, 0.1) is 0 Å². The number of nitrogens with zero attached hydrogens (tertiary/aromatic N) is 2. The number of nitrogens with one attached hydrogen (secondary N) is 1. The molecule has 1 aromatic carbocycles. The molecule has 1 aromatic heterocycles. The molecule has 22 heavy (non-hydrogen) atoms. The van der Waals surface area contributed by atoms with E-state index in [4.69, 9.17) is 10.8 Å². The fourth-order valence-corrected chi connectivity index (χ4v) is 3.46. The van der Waals surface area contributed by atoms with Crippen LogP contribution in [0.1, 0.15) is 34.5 Å². The lowest BCUT2D eigenvalue weighted by Gasteiger charge is -2.18. The first-order chi connectivity index (χ1) is 10.6. The summed E-state index contributed by atoms with van der Waals surface area (Å²) in [4.78, 5) is 15.2. The summed E-state index contributed by atoms with van der Waals surface area (Å²) in [5, 5.41) is 14.3. The minimum atomic E-state index is -1.10. The number of aromatic carboxylic acids is 1. The Labute approximate surface area is 131 Å². The van der Waals surface area contributed by atoms with Gasteiger partial charge < -0.3 is 16.3 Å². The van der Waals surface area contributed by atoms with E-state index < -0.39 is 5.97 Å². The highest BCUT2D eigenvalue weighted by molar-refractivity contribution is 7.19. The van der Waals surface area contributed by atoms with E-state index in [9.17, 15) is 4.79 Å². The van der Waals surface area contributed by atoms with E-state index in [0.717, 1.165) is 36.1 Å². The van der Waals surface area contributed by atoms with E-state index in [-0.39, 0.29) is 10.7 Å². The van der Waals surface area contributed by atoms with Crippen LogP contribution in [0.25, 0.3) is 10.6 Å². The van der Waals surface area contributed by atoms with E-state index in [1.54, 1.807) is 7.05 Å². The second kappa shape index (κ2) is 5.76. The standard InChI is InChI=1S/C15H16N4O2S/c1-17-19-11-4-2-3-8-5-6-9(7-10(8)11)14-18-12(15(20)21)13(16)22-14/h5-7,17H,2-4,16H2,1H3,(H,20,21)/b19-11+. The molecule has 1 aliphatic carbocycles. The van der Waals surface area contributed by atoms with Crippen molar-refractivity contribution in [3.05, 3.63) is 35.0 Å². The van der Waals surface area contributed by atoms with E-state index in [0.29, 0.717) is 5.01 Å². The maximum absolute atomic E-state index is 11.1. The van der Waals surface area contributed by atoms with Gasteiger partial charge in [0.05, 0.1) is 5.71 Å². The SMILES string of the molecule is CN/N=C1\CCCc2ccc(-c3nc(C(=O)O)c(N)s3)cc21. The van der Waals surface area contributed by atoms with Gasteiger partial charge in [0.25, 0.3) is 0 Å². The Hall–Kier alpha value is -2.41. The summed E-state index contributed by atoms with van der Waals surface area (Å²) in [6.07, 6.45) is 3.04. The largest absolute Gasteiger partial charge is 0.476 e. The number of fused-ring (bicyclic) bond motifs is 1. The molecule has 0 unspecified atom stereocenters. The Morgan fingerprint density at radius 2 is 2.27 bits per heavy atom. The summed E-state index contributed by atoms with van der Waals surface area (Å²) in [5.41, 5.74) is 12.7. The summed E-state index contributed by atoms with van der Waals surface area (Å²) in [6.45, 7) is 0. The molecule has 0 aliphatic heterocycles. The Kier molecular flexibility index (Phi) is 3.81. The first-order valence-corrected chi connectivity index (χ1v) is 7.78. The van der Waals surface area contributed by atoms with Crippen LogP contribution >= 0.6 is 11.3 Å². The zero-order valence-corrected chi connectivity index (χ0v) is 12.9. The molecule has 0 atom stereocenters. The van der Waals surface area contributed by atoms with Crippen LogP contribution in [0.3, 0.4) is 0 Å². The predicted molar refractivity (Wildman–Crippen MR) is 87.5 cm³/mol. The third-order valence-electron chi connectivity index (χ3n) is 3.63. The van der Waals surface area contributed by atoms with Crippen molar-refractivity contribution < 1.29 is 9.90 Å². The van der Waals surface area contributed by atoms with Crippen molar-refractivity contribution in [2.24, 2.45) is 5.10 Å². The van der Waals surface area contributed by atoms with E-state index in [2.05, 4.69) is 21.6 Å². The number of nitrogen functional groups attached to an aromatic ring is 1. The molecular formula is C15H16N4O2S. The predicted octanol–water partition coefficient (Wildman–Crippen LogP) is 2.35. The second-order valence-electron chi connectivity index (χ2n) is 5.04. The Morgan fingerprint density at radius 1 is 1.45 bits per heavy atom. The first-order valence-electron chi connectivity index (χ1n) is 6.96. The lowest BCUT2D eigenvalue weighted by atomic mass is 9.89. The van der Waals surface area contributed by atoms with E-state index in [1.165, 1.54) is 16.9 Å². The Balaban J connectivity index is 2.06. The number of hydrogen-bond acceptors (Lipinski definition) is 6.